The van der Waals surface area contributed by atoms with Gasteiger partial charge < -0.3 is 5.32 Å². The summed E-state index contributed by atoms with van der Waals surface area (Å²) < 4.78 is 1.91. The van der Waals surface area contributed by atoms with Gasteiger partial charge in [0.25, 0.3) is 0 Å². The Morgan fingerprint density at radius 3 is 2.72 bits per heavy atom. The van der Waals surface area contributed by atoms with Crippen LogP contribution in [0.2, 0.25) is 0 Å². The first-order valence-corrected chi connectivity index (χ1v) is 8.26. The number of hydrogen-bond acceptors (Lipinski definition) is 4. The fraction of sp³-hybridized carbons (Fsp3) is 0.150. The van der Waals surface area contributed by atoms with Gasteiger partial charge in [-0.3, -0.25) is 0 Å². The molecule has 0 unspecified atom stereocenters. The van der Waals surface area contributed by atoms with E-state index in [1.54, 1.807) is 6.33 Å². The first-order valence-electron chi connectivity index (χ1n) is 8.26. The van der Waals surface area contributed by atoms with Gasteiger partial charge in [-0.15, -0.1) is 0 Å². The van der Waals surface area contributed by atoms with Crippen LogP contribution in [0.5, 0.6) is 0 Å². The lowest BCUT2D eigenvalue weighted by Gasteiger charge is -2.12. The van der Waals surface area contributed by atoms with Gasteiger partial charge in [-0.25, -0.2) is 14.6 Å². The number of aryl methyl sites for hydroxylation is 2. The van der Waals surface area contributed by atoms with Gasteiger partial charge in [0.2, 0.25) is 0 Å². The van der Waals surface area contributed by atoms with Crippen molar-refractivity contribution >= 4 is 16.7 Å². The lowest BCUT2D eigenvalue weighted by atomic mass is 10.1. The number of anilines is 1. The second kappa shape index (κ2) is 6.36. The van der Waals surface area contributed by atoms with Gasteiger partial charge in [0.05, 0.1) is 16.9 Å². The fourth-order valence-corrected chi connectivity index (χ4v) is 2.92. The van der Waals surface area contributed by atoms with E-state index in [-0.39, 0.29) is 0 Å². The Morgan fingerprint density at radius 2 is 1.88 bits per heavy atom. The molecule has 0 fully saturated rings. The highest BCUT2D eigenvalue weighted by atomic mass is 15.3. The van der Waals surface area contributed by atoms with Gasteiger partial charge >= 0.3 is 0 Å². The van der Waals surface area contributed by atoms with Crippen LogP contribution in [0.15, 0.2) is 61.1 Å². The molecule has 4 rings (SSSR count). The van der Waals surface area contributed by atoms with Crippen molar-refractivity contribution in [1.82, 2.24) is 19.7 Å². The number of aromatic nitrogens is 4. The summed E-state index contributed by atoms with van der Waals surface area (Å²) in [6, 6.07) is 16.5. The van der Waals surface area contributed by atoms with E-state index < -0.39 is 0 Å². The summed E-state index contributed by atoms with van der Waals surface area (Å²) in [5, 5.41) is 9.01. The standard InChI is InChI=1S/C20H19N5/c1-14-7-8-18-17(11-14)20(23-13-22-18)21-12-16-5-3-4-6-19(16)25-10-9-15(2)24-25/h3-11,13H,12H2,1-2H3,(H,21,22,23). The predicted molar refractivity (Wildman–Crippen MR) is 99.9 cm³/mol. The van der Waals surface area contributed by atoms with Crippen molar-refractivity contribution in [2.45, 2.75) is 20.4 Å². The normalized spacial score (nSPS) is 11.0. The Morgan fingerprint density at radius 1 is 1.00 bits per heavy atom. The number of nitrogens with one attached hydrogen (secondary N) is 1. The molecule has 0 saturated heterocycles. The zero-order valence-corrected chi connectivity index (χ0v) is 14.3. The van der Waals surface area contributed by atoms with Crippen molar-refractivity contribution in [2.75, 3.05) is 5.32 Å². The minimum absolute atomic E-state index is 0.662. The molecule has 0 spiro atoms. The molecule has 124 valence electrons. The van der Waals surface area contributed by atoms with Gasteiger partial charge in [-0.2, -0.15) is 5.10 Å². The minimum Gasteiger partial charge on any atom is -0.365 e. The van der Waals surface area contributed by atoms with Crippen LogP contribution in [0.4, 0.5) is 5.82 Å². The van der Waals surface area contributed by atoms with Gasteiger partial charge in [0.15, 0.2) is 0 Å². The van der Waals surface area contributed by atoms with Crippen LogP contribution in [0.25, 0.3) is 16.6 Å². The summed E-state index contributed by atoms with van der Waals surface area (Å²) in [6.45, 7) is 4.73. The molecule has 2 aromatic heterocycles. The highest BCUT2D eigenvalue weighted by Crippen LogP contribution is 2.22. The Balaban J connectivity index is 1.66. The molecule has 0 amide bonds. The molecule has 0 aliphatic heterocycles. The first kappa shape index (κ1) is 15.3. The Labute approximate surface area is 146 Å². The van der Waals surface area contributed by atoms with Crippen LogP contribution in [0, 0.1) is 13.8 Å². The average molecular weight is 329 g/mol. The molecule has 0 radical (unpaired) electrons. The summed E-state index contributed by atoms with van der Waals surface area (Å²) in [5.74, 6) is 0.847. The van der Waals surface area contributed by atoms with Crippen LogP contribution < -0.4 is 5.32 Å². The molecule has 0 aliphatic carbocycles. The van der Waals surface area contributed by atoms with E-state index in [0.29, 0.717) is 6.54 Å². The van der Waals surface area contributed by atoms with Crippen molar-refractivity contribution in [3.05, 3.63) is 77.9 Å². The number of para-hydroxylation sites is 1. The van der Waals surface area contributed by atoms with Crippen LogP contribution in [0.3, 0.4) is 0 Å². The molecule has 1 N–H and O–H groups in total. The maximum Gasteiger partial charge on any atom is 0.137 e. The monoisotopic (exact) mass is 329 g/mol. The molecule has 0 atom stereocenters. The molecular weight excluding hydrogens is 310 g/mol. The predicted octanol–water partition coefficient (Wildman–Crippen LogP) is 4.04. The fourth-order valence-electron chi connectivity index (χ4n) is 2.92. The number of benzene rings is 2. The van der Waals surface area contributed by atoms with Crippen LogP contribution in [-0.2, 0) is 6.54 Å². The van der Waals surface area contributed by atoms with Gasteiger partial charge in [0, 0.05) is 18.1 Å². The Kier molecular flexibility index (Phi) is 3.90. The molecule has 2 heterocycles. The molecule has 0 bridgehead atoms. The second-order valence-corrected chi connectivity index (χ2v) is 6.13. The van der Waals surface area contributed by atoms with Crippen molar-refractivity contribution in [2.24, 2.45) is 0 Å². The highest BCUT2D eigenvalue weighted by Gasteiger charge is 2.08. The second-order valence-electron chi connectivity index (χ2n) is 6.13. The average Bonchev–Trinajstić information content (AvgIpc) is 3.06. The van der Waals surface area contributed by atoms with E-state index in [1.807, 2.05) is 42.1 Å². The number of hydrogen-bond donors (Lipinski definition) is 1. The molecule has 4 aromatic rings. The summed E-state index contributed by atoms with van der Waals surface area (Å²) in [7, 11) is 0. The van der Waals surface area contributed by atoms with Crippen LogP contribution in [-0.4, -0.2) is 19.7 Å². The number of rotatable bonds is 4. The maximum absolute atomic E-state index is 4.52. The molecule has 5 heteroatoms. The Bertz CT molecular complexity index is 1040. The Hall–Kier alpha value is -3.21. The summed E-state index contributed by atoms with van der Waals surface area (Å²) in [4.78, 5) is 8.77. The third kappa shape index (κ3) is 3.08. The summed E-state index contributed by atoms with van der Waals surface area (Å²) >= 11 is 0. The topological polar surface area (TPSA) is 55.6 Å². The largest absolute Gasteiger partial charge is 0.365 e. The molecule has 0 saturated carbocycles. The summed E-state index contributed by atoms with van der Waals surface area (Å²) in [5.41, 5.74) is 5.36. The van der Waals surface area contributed by atoms with E-state index in [9.17, 15) is 0 Å². The molecule has 5 nitrogen and oxygen atoms in total. The van der Waals surface area contributed by atoms with E-state index in [2.05, 4.69) is 51.6 Å². The SMILES string of the molecule is Cc1ccc2ncnc(NCc3ccccc3-n3ccc(C)n3)c2c1. The van der Waals surface area contributed by atoms with Crippen LogP contribution in [0.1, 0.15) is 16.8 Å². The van der Waals surface area contributed by atoms with E-state index >= 15 is 0 Å². The van der Waals surface area contributed by atoms with E-state index in [1.165, 1.54) is 5.56 Å². The van der Waals surface area contributed by atoms with Gasteiger partial charge in [-0.1, -0.05) is 29.8 Å². The quantitative estimate of drug-likeness (QED) is 0.614. The lowest BCUT2D eigenvalue weighted by Crippen LogP contribution is -2.07. The zero-order chi connectivity index (χ0) is 17.2. The molecular formula is C20H19N5. The van der Waals surface area contributed by atoms with Crippen molar-refractivity contribution in [1.29, 1.82) is 0 Å². The zero-order valence-electron chi connectivity index (χ0n) is 14.3. The highest BCUT2D eigenvalue weighted by molar-refractivity contribution is 5.89. The maximum atomic E-state index is 4.52. The first-order chi connectivity index (χ1) is 12.2. The smallest absolute Gasteiger partial charge is 0.137 e. The molecule has 2 aromatic carbocycles. The third-order valence-electron chi connectivity index (χ3n) is 4.20. The van der Waals surface area contributed by atoms with Gasteiger partial charge in [0.1, 0.15) is 12.1 Å². The number of fused-ring (bicyclic) bond motifs is 1. The molecule has 25 heavy (non-hydrogen) atoms. The van der Waals surface area contributed by atoms with Crippen molar-refractivity contribution < 1.29 is 0 Å². The van der Waals surface area contributed by atoms with Gasteiger partial charge in [-0.05, 0) is 43.7 Å². The van der Waals surface area contributed by atoms with E-state index in [0.717, 1.165) is 33.7 Å². The third-order valence-corrected chi connectivity index (χ3v) is 4.20. The van der Waals surface area contributed by atoms with Crippen LogP contribution >= 0.6 is 0 Å². The summed E-state index contributed by atoms with van der Waals surface area (Å²) in [6.07, 6.45) is 3.58. The van der Waals surface area contributed by atoms with Crippen molar-refractivity contribution in [3.63, 3.8) is 0 Å². The van der Waals surface area contributed by atoms with Crippen molar-refractivity contribution in [3.8, 4) is 5.69 Å². The lowest BCUT2D eigenvalue weighted by molar-refractivity contribution is 0.848. The molecule has 0 aliphatic rings. The number of nitrogens with zero attached hydrogens (tertiary/aromatic N) is 4. The van der Waals surface area contributed by atoms with E-state index in [4.69, 9.17) is 0 Å². The minimum atomic E-state index is 0.662.